The van der Waals surface area contributed by atoms with Crippen LogP contribution in [0, 0.1) is 12.8 Å². The zero-order chi connectivity index (χ0) is 11.4. The molecular formula is C14H22N2. The third-order valence-electron chi connectivity index (χ3n) is 3.33. The first-order chi connectivity index (χ1) is 7.81. The van der Waals surface area contributed by atoms with E-state index in [2.05, 4.69) is 36.3 Å². The lowest BCUT2D eigenvalue weighted by atomic mass is 10.00. The fraction of sp³-hybridized carbons (Fsp3) is 0.643. The zero-order valence-corrected chi connectivity index (χ0v) is 10.4. The van der Waals surface area contributed by atoms with Gasteiger partial charge in [0.25, 0.3) is 0 Å². The normalized spacial score (nSPS) is 17.4. The molecule has 1 aliphatic carbocycles. The predicted molar refractivity (Wildman–Crippen MR) is 67.3 cm³/mol. The van der Waals surface area contributed by atoms with Gasteiger partial charge in [-0.05, 0) is 43.9 Å². The van der Waals surface area contributed by atoms with E-state index in [1.807, 2.05) is 6.20 Å². The Bertz CT molecular complexity index is 331. The van der Waals surface area contributed by atoms with Crippen LogP contribution in [0.2, 0.25) is 0 Å². The Kier molecular flexibility index (Phi) is 3.94. The molecule has 1 aromatic heterocycles. The molecule has 1 fully saturated rings. The molecule has 2 nitrogen and oxygen atoms in total. The van der Waals surface area contributed by atoms with E-state index in [1.165, 1.54) is 36.9 Å². The minimum atomic E-state index is 0.515. The number of rotatable bonds is 6. The Hall–Kier alpha value is -0.890. The number of hydrogen-bond acceptors (Lipinski definition) is 2. The topological polar surface area (TPSA) is 24.9 Å². The summed E-state index contributed by atoms with van der Waals surface area (Å²) in [4.78, 5) is 4.40. The van der Waals surface area contributed by atoms with Gasteiger partial charge < -0.3 is 5.32 Å². The van der Waals surface area contributed by atoms with Crippen LogP contribution in [0.25, 0.3) is 0 Å². The Morgan fingerprint density at radius 3 is 2.94 bits per heavy atom. The highest BCUT2D eigenvalue weighted by Crippen LogP contribution is 2.37. The van der Waals surface area contributed by atoms with Crippen molar-refractivity contribution < 1.29 is 0 Å². The summed E-state index contributed by atoms with van der Waals surface area (Å²) < 4.78 is 0. The van der Waals surface area contributed by atoms with Crippen LogP contribution in [0.3, 0.4) is 0 Å². The predicted octanol–water partition coefficient (Wildman–Crippen LogP) is 3.23. The molecule has 0 aliphatic heterocycles. The molecule has 0 spiro atoms. The molecule has 0 saturated heterocycles. The summed E-state index contributed by atoms with van der Waals surface area (Å²) >= 11 is 0. The second-order valence-corrected chi connectivity index (χ2v) is 4.86. The molecule has 1 N–H and O–H groups in total. The third kappa shape index (κ3) is 3.05. The molecular weight excluding hydrogens is 196 g/mol. The average molecular weight is 218 g/mol. The molecule has 2 rings (SSSR count). The zero-order valence-electron chi connectivity index (χ0n) is 10.4. The molecule has 88 valence electrons. The third-order valence-corrected chi connectivity index (χ3v) is 3.33. The summed E-state index contributed by atoms with van der Waals surface area (Å²) in [5.74, 6) is 0.953. The van der Waals surface area contributed by atoms with Crippen LogP contribution in [-0.2, 0) is 0 Å². The lowest BCUT2D eigenvalue weighted by Gasteiger charge is -2.20. The first-order valence-electron chi connectivity index (χ1n) is 6.46. The summed E-state index contributed by atoms with van der Waals surface area (Å²) in [7, 11) is 0. The van der Waals surface area contributed by atoms with Gasteiger partial charge in [0.05, 0.1) is 0 Å². The van der Waals surface area contributed by atoms with E-state index in [0.29, 0.717) is 6.04 Å². The molecule has 1 saturated carbocycles. The largest absolute Gasteiger partial charge is 0.310 e. The van der Waals surface area contributed by atoms with Crippen molar-refractivity contribution in [2.24, 2.45) is 5.92 Å². The molecule has 0 amide bonds. The summed E-state index contributed by atoms with van der Waals surface area (Å²) in [6.07, 6.45) is 7.20. The second kappa shape index (κ2) is 5.44. The van der Waals surface area contributed by atoms with Gasteiger partial charge in [-0.3, -0.25) is 4.98 Å². The van der Waals surface area contributed by atoms with Crippen molar-refractivity contribution in [1.82, 2.24) is 10.3 Å². The van der Waals surface area contributed by atoms with E-state index in [1.54, 1.807) is 0 Å². The van der Waals surface area contributed by atoms with Gasteiger partial charge in [-0.1, -0.05) is 25.8 Å². The Labute approximate surface area is 98.5 Å². The number of aromatic nitrogens is 1. The highest BCUT2D eigenvalue weighted by atomic mass is 14.9. The van der Waals surface area contributed by atoms with Gasteiger partial charge in [0.2, 0.25) is 0 Å². The molecule has 0 aromatic carbocycles. The summed E-state index contributed by atoms with van der Waals surface area (Å²) in [5.41, 5.74) is 2.57. The van der Waals surface area contributed by atoms with Gasteiger partial charge in [0.15, 0.2) is 0 Å². The summed E-state index contributed by atoms with van der Waals surface area (Å²) in [5, 5.41) is 3.66. The molecule has 1 aliphatic rings. The van der Waals surface area contributed by atoms with Gasteiger partial charge >= 0.3 is 0 Å². The highest BCUT2D eigenvalue weighted by Gasteiger charge is 2.26. The van der Waals surface area contributed by atoms with Crippen LogP contribution in [-0.4, -0.2) is 11.5 Å². The van der Waals surface area contributed by atoms with E-state index in [-0.39, 0.29) is 0 Å². The Balaban J connectivity index is 2.06. The number of nitrogens with one attached hydrogen (secondary N) is 1. The van der Waals surface area contributed by atoms with Crippen molar-refractivity contribution in [3.63, 3.8) is 0 Å². The molecule has 1 aromatic rings. The smallest absolute Gasteiger partial charge is 0.0420 e. The average Bonchev–Trinajstić information content (AvgIpc) is 3.09. The van der Waals surface area contributed by atoms with Crippen LogP contribution < -0.4 is 5.32 Å². The van der Waals surface area contributed by atoms with Crippen molar-refractivity contribution >= 4 is 0 Å². The Morgan fingerprint density at radius 2 is 2.31 bits per heavy atom. The van der Waals surface area contributed by atoms with Crippen molar-refractivity contribution in [3.8, 4) is 0 Å². The van der Waals surface area contributed by atoms with Gasteiger partial charge in [-0.25, -0.2) is 0 Å². The molecule has 2 heteroatoms. The lowest BCUT2D eigenvalue weighted by molar-refractivity contribution is 0.471. The van der Waals surface area contributed by atoms with E-state index in [9.17, 15) is 0 Å². The minimum absolute atomic E-state index is 0.515. The Morgan fingerprint density at radius 1 is 1.50 bits per heavy atom. The number of pyridine rings is 1. The highest BCUT2D eigenvalue weighted by molar-refractivity contribution is 5.22. The molecule has 16 heavy (non-hydrogen) atoms. The SMILES string of the molecule is CCCNC(CC1CC1)c1cccnc1C. The lowest BCUT2D eigenvalue weighted by Crippen LogP contribution is -2.23. The van der Waals surface area contributed by atoms with Gasteiger partial charge in [0.1, 0.15) is 0 Å². The van der Waals surface area contributed by atoms with Crippen molar-refractivity contribution in [1.29, 1.82) is 0 Å². The standard InChI is InChI=1S/C14H22N2/c1-3-8-16-14(10-12-6-7-12)13-5-4-9-15-11(13)2/h4-5,9,12,14,16H,3,6-8,10H2,1-2H3. The van der Waals surface area contributed by atoms with Gasteiger partial charge in [0, 0.05) is 17.9 Å². The monoisotopic (exact) mass is 218 g/mol. The van der Waals surface area contributed by atoms with Crippen LogP contribution in [0.5, 0.6) is 0 Å². The molecule has 1 unspecified atom stereocenters. The number of nitrogens with zero attached hydrogens (tertiary/aromatic N) is 1. The van der Waals surface area contributed by atoms with E-state index >= 15 is 0 Å². The summed E-state index contributed by atoms with van der Waals surface area (Å²) in [6, 6.07) is 4.79. The summed E-state index contributed by atoms with van der Waals surface area (Å²) in [6.45, 7) is 5.44. The van der Waals surface area contributed by atoms with Gasteiger partial charge in [-0.15, -0.1) is 0 Å². The first kappa shape index (κ1) is 11.6. The van der Waals surface area contributed by atoms with Crippen molar-refractivity contribution in [3.05, 3.63) is 29.6 Å². The van der Waals surface area contributed by atoms with Gasteiger partial charge in [-0.2, -0.15) is 0 Å². The fourth-order valence-electron chi connectivity index (χ4n) is 2.19. The first-order valence-corrected chi connectivity index (χ1v) is 6.46. The second-order valence-electron chi connectivity index (χ2n) is 4.86. The van der Waals surface area contributed by atoms with Crippen molar-refractivity contribution in [2.75, 3.05) is 6.54 Å². The number of hydrogen-bond donors (Lipinski definition) is 1. The quantitative estimate of drug-likeness (QED) is 0.793. The maximum Gasteiger partial charge on any atom is 0.0420 e. The molecule has 1 atom stereocenters. The fourth-order valence-corrected chi connectivity index (χ4v) is 2.19. The van der Waals surface area contributed by atoms with Crippen LogP contribution >= 0.6 is 0 Å². The molecule has 1 heterocycles. The maximum atomic E-state index is 4.40. The molecule has 0 radical (unpaired) electrons. The van der Waals surface area contributed by atoms with Crippen molar-refractivity contribution in [2.45, 2.75) is 45.6 Å². The van der Waals surface area contributed by atoms with Crippen LogP contribution in [0.1, 0.15) is 49.9 Å². The van der Waals surface area contributed by atoms with Crippen LogP contribution in [0.4, 0.5) is 0 Å². The minimum Gasteiger partial charge on any atom is -0.310 e. The maximum absolute atomic E-state index is 4.40. The molecule has 0 bridgehead atoms. The van der Waals surface area contributed by atoms with E-state index in [4.69, 9.17) is 0 Å². The van der Waals surface area contributed by atoms with E-state index < -0.39 is 0 Å². The van der Waals surface area contributed by atoms with E-state index in [0.717, 1.165) is 12.5 Å². The van der Waals surface area contributed by atoms with Crippen LogP contribution in [0.15, 0.2) is 18.3 Å². The number of aryl methyl sites for hydroxylation is 1.